The molecule has 31 heavy (non-hydrogen) atoms. The molecule has 7 heteroatoms. The summed E-state index contributed by atoms with van der Waals surface area (Å²) in [6.07, 6.45) is 7.73. The maximum absolute atomic E-state index is 14.5. The van der Waals surface area contributed by atoms with Crippen LogP contribution in [0.2, 0.25) is 0 Å². The van der Waals surface area contributed by atoms with Crippen LogP contribution in [0.1, 0.15) is 33.7 Å². The summed E-state index contributed by atoms with van der Waals surface area (Å²) in [5.41, 5.74) is 3.23. The minimum Gasteiger partial charge on any atom is -0.358 e. The average Bonchev–Trinajstić information content (AvgIpc) is 3.40. The molecule has 1 N–H and O–H groups in total. The Bertz CT molecular complexity index is 1210. The Labute approximate surface area is 179 Å². The van der Waals surface area contributed by atoms with Gasteiger partial charge in [-0.2, -0.15) is 5.10 Å². The van der Waals surface area contributed by atoms with Crippen molar-refractivity contribution in [2.45, 2.75) is 19.3 Å². The Morgan fingerprint density at radius 1 is 1.23 bits per heavy atom. The fraction of sp³-hybridized carbons (Fsp3) is 0.208. The number of hydrogen-bond donors (Lipinski definition) is 1. The van der Waals surface area contributed by atoms with Crippen molar-refractivity contribution < 1.29 is 14.0 Å². The number of benzene rings is 2. The molecule has 6 nitrogen and oxygen atoms in total. The van der Waals surface area contributed by atoms with Crippen LogP contribution in [0.15, 0.2) is 48.5 Å². The third-order valence-corrected chi connectivity index (χ3v) is 5.36. The number of para-hydroxylation sites is 1. The van der Waals surface area contributed by atoms with Gasteiger partial charge in [-0.3, -0.25) is 14.5 Å². The smallest absolute Gasteiger partial charge is 0.279 e. The van der Waals surface area contributed by atoms with E-state index in [0.29, 0.717) is 29.8 Å². The van der Waals surface area contributed by atoms with E-state index in [1.54, 1.807) is 42.5 Å². The van der Waals surface area contributed by atoms with Crippen molar-refractivity contribution in [1.82, 2.24) is 15.1 Å². The Hall–Kier alpha value is -3.92. The third-order valence-electron chi connectivity index (χ3n) is 5.36. The molecule has 0 fully saturated rings. The van der Waals surface area contributed by atoms with Crippen LogP contribution < -0.4 is 10.2 Å². The number of fused-ring (bicyclic) bond motifs is 1. The van der Waals surface area contributed by atoms with Gasteiger partial charge >= 0.3 is 0 Å². The molecule has 1 aliphatic rings. The van der Waals surface area contributed by atoms with E-state index >= 15 is 0 Å². The number of carbonyl (C=O) groups excluding carboxylic acids is 2. The predicted molar refractivity (Wildman–Crippen MR) is 116 cm³/mol. The minimum absolute atomic E-state index is 0.190. The first-order valence-corrected chi connectivity index (χ1v) is 9.98. The zero-order chi connectivity index (χ0) is 22.0. The molecule has 0 radical (unpaired) electrons. The molecule has 156 valence electrons. The van der Waals surface area contributed by atoms with Crippen molar-refractivity contribution in [3.63, 3.8) is 0 Å². The Balaban J connectivity index is 1.81. The van der Waals surface area contributed by atoms with Crippen molar-refractivity contribution in [2.24, 2.45) is 0 Å². The molecule has 0 atom stereocenters. The second kappa shape index (κ2) is 8.44. The number of aromatic nitrogens is 2. The second-order valence-corrected chi connectivity index (χ2v) is 7.25. The van der Waals surface area contributed by atoms with Crippen LogP contribution in [0.4, 0.5) is 10.1 Å². The lowest BCUT2D eigenvalue weighted by Gasteiger charge is -2.22. The summed E-state index contributed by atoms with van der Waals surface area (Å²) in [5, 5.41) is 7.04. The maximum atomic E-state index is 14.5. The lowest BCUT2D eigenvalue weighted by Crippen LogP contribution is -2.40. The first-order chi connectivity index (χ1) is 15.0. The summed E-state index contributed by atoms with van der Waals surface area (Å²) in [6.45, 7) is -0.190. The van der Waals surface area contributed by atoms with Crippen LogP contribution >= 0.6 is 0 Å². The van der Waals surface area contributed by atoms with E-state index in [1.807, 2.05) is 0 Å². The van der Waals surface area contributed by atoms with E-state index in [-0.39, 0.29) is 18.1 Å². The number of halogens is 1. The summed E-state index contributed by atoms with van der Waals surface area (Å²) >= 11 is 0. The number of terminal acetylenes is 1. The van der Waals surface area contributed by atoms with E-state index in [0.717, 1.165) is 17.7 Å². The van der Waals surface area contributed by atoms with Gasteiger partial charge in [-0.05, 0) is 49.6 Å². The van der Waals surface area contributed by atoms with Gasteiger partial charge in [0.05, 0.1) is 0 Å². The predicted octanol–water partition coefficient (Wildman–Crippen LogP) is 2.87. The van der Waals surface area contributed by atoms with Crippen LogP contribution in [0.25, 0.3) is 5.69 Å². The molecule has 2 aromatic carbocycles. The van der Waals surface area contributed by atoms with Crippen LogP contribution in [0.3, 0.4) is 0 Å². The minimum atomic E-state index is -0.425. The molecule has 0 unspecified atom stereocenters. The quantitative estimate of drug-likeness (QED) is 0.651. The summed E-state index contributed by atoms with van der Waals surface area (Å²) < 4.78 is 16.0. The standard InChI is InChI=1S/C24H21FN4O2/c1-3-16-8-6-9-17(14-16)28(15-22(30)26-2)24(31)23-18-10-7-13-20(18)29(27-23)21-12-5-4-11-19(21)25/h1,4-6,8-9,11-12,14H,7,10,13,15H2,2H3,(H,26,30). The number of nitrogens with one attached hydrogen (secondary N) is 1. The average molecular weight is 416 g/mol. The number of nitrogens with zero attached hydrogens (tertiary/aromatic N) is 3. The highest BCUT2D eigenvalue weighted by Gasteiger charge is 2.31. The largest absolute Gasteiger partial charge is 0.358 e. The van der Waals surface area contributed by atoms with E-state index in [9.17, 15) is 14.0 Å². The van der Waals surface area contributed by atoms with Crippen LogP contribution in [-0.4, -0.2) is 35.2 Å². The number of rotatable bonds is 5. The molecular formula is C24H21FN4O2. The number of amides is 2. The molecule has 3 aromatic rings. The topological polar surface area (TPSA) is 67.2 Å². The number of likely N-dealkylation sites (N-methyl/N-ethyl adjacent to an activating group) is 1. The fourth-order valence-corrected chi connectivity index (χ4v) is 3.83. The van der Waals surface area contributed by atoms with Crippen molar-refractivity contribution in [1.29, 1.82) is 0 Å². The van der Waals surface area contributed by atoms with Crippen LogP contribution in [0, 0.1) is 18.2 Å². The van der Waals surface area contributed by atoms with E-state index < -0.39 is 11.7 Å². The van der Waals surface area contributed by atoms with Gasteiger partial charge in [0.25, 0.3) is 5.91 Å². The van der Waals surface area contributed by atoms with Crippen molar-refractivity contribution in [2.75, 3.05) is 18.5 Å². The molecular weight excluding hydrogens is 395 g/mol. The van der Waals surface area contributed by atoms with Gasteiger partial charge in [-0.1, -0.05) is 24.1 Å². The molecule has 0 bridgehead atoms. The molecule has 0 spiro atoms. The van der Waals surface area contributed by atoms with Crippen molar-refractivity contribution >= 4 is 17.5 Å². The normalized spacial score (nSPS) is 12.2. The highest BCUT2D eigenvalue weighted by atomic mass is 19.1. The highest BCUT2D eigenvalue weighted by molar-refractivity contribution is 6.08. The summed E-state index contributed by atoms with van der Waals surface area (Å²) in [6, 6.07) is 13.2. The first-order valence-electron chi connectivity index (χ1n) is 9.98. The number of carbonyl (C=O) groups is 2. The number of hydrogen-bond acceptors (Lipinski definition) is 3. The molecule has 2 amide bonds. The van der Waals surface area contributed by atoms with Crippen LogP contribution in [0.5, 0.6) is 0 Å². The van der Waals surface area contributed by atoms with Gasteiger partial charge in [-0.15, -0.1) is 6.42 Å². The maximum Gasteiger partial charge on any atom is 0.279 e. The highest BCUT2D eigenvalue weighted by Crippen LogP contribution is 2.30. The molecule has 0 saturated heterocycles. The molecule has 0 aliphatic heterocycles. The monoisotopic (exact) mass is 416 g/mol. The fourth-order valence-electron chi connectivity index (χ4n) is 3.83. The van der Waals surface area contributed by atoms with Crippen molar-refractivity contribution in [3.8, 4) is 18.0 Å². The Morgan fingerprint density at radius 2 is 2.03 bits per heavy atom. The van der Waals surface area contributed by atoms with Gasteiger partial charge in [0.2, 0.25) is 5.91 Å². The molecule has 0 saturated carbocycles. The molecule has 4 rings (SSSR count). The summed E-state index contributed by atoms with van der Waals surface area (Å²) in [5.74, 6) is 1.37. The van der Waals surface area contributed by atoms with Gasteiger partial charge < -0.3 is 5.32 Å². The van der Waals surface area contributed by atoms with E-state index in [1.165, 1.54) is 22.7 Å². The van der Waals surface area contributed by atoms with Gasteiger partial charge in [-0.25, -0.2) is 9.07 Å². The first kappa shape index (κ1) is 20.4. The van der Waals surface area contributed by atoms with E-state index in [4.69, 9.17) is 6.42 Å². The number of anilines is 1. The Kier molecular flexibility index (Phi) is 5.54. The van der Waals surface area contributed by atoms with Gasteiger partial charge in [0.15, 0.2) is 5.69 Å². The third kappa shape index (κ3) is 3.80. The second-order valence-electron chi connectivity index (χ2n) is 7.25. The zero-order valence-electron chi connectivity index (χ0n) is 17.1. The Morgan fingerprint density at radius 3 is 2.77 bits per heavy atom. The summed E-state index contributed by atoms with van der Waals surface area (Å²) in [4.78, 5) is 27.1. The molecule has 1 aromatic heterocycles. The molecule has 1 aliphatic carbocycles. The zero-order valence-corrected chi connectivity index (χ0v) is 17.1. The molecule has 1 heterocycles. The lowest BCUT2D eigenvalue weighted by atomic mass is 10.1. The van der Waals surface area contributed by atoms with Gasteiger partial charge in [0.1, 0.15) is 18.0 Å². The SMILES string of the molecule is C#Cc1cccc(N(CC(=O)NC)C(=O)c2nn(-c3ccccc3F)c3c2CCC3)c1. The van der Waals surface area contributed by atoms with Crippen LogP contribution in [-0.2, 0) is 17.6 Å². The van der Waals surface area contributed by atoms with Gasteiger partial charge in [0, 0.05) is 29.6 Å². The summed E-state index contributed by atoms with van der Waals surface area (Å²) in [7, 11) is 1.51. The van der Waals surface area contributed by atoms with Crippen molar-refractivity contribution in [3.05, 3.63) is 76.9 Å². The van der Waals surface area contributed by atoms with E-state index in [2.05, 4.69) is 16.3 Å². The lowest BCUT2D eigenvalue weighted by molar-refractivity contribution is -0.119.